The standard InChI is InChI=1S/C24H23F7N2O2/c1-14-9-18(25)3-4-20(14)33-8-6-19(34)13-21(33)22(35)32(2)7-5-15-10-16(23(26,27)28)12-17(11-15)24(29,30)31/h3-4,9-12,21H,5-8,13H2,1-2H3/t21-/m1/s1. The van der Waals surface area contributed by atoms with Crippen molar-refractivity contribution in [2.75, 3.05) is 25.0 Å². The second-order valence-corrected chi connectivity index (χ2v) is 8.56. The monoisotopic (exact) mass is 504 g/mol. The highest BCUT2D eigenvalue weighted by Crippen LogP contribution is 2.36. The van der Waals surface area contributed by atoms with E-state index in [4.69, 9.17) is 0 Å². The number of carbonyl (C=O) groups excluding carboxylic acids is 2. The van der Waals surface area contributed by atoms with E-state index in [-0.39, 0.29) is 49.8 Å². The molecule has 0 bridgehead atoms. The molecule has 0 spiro atoms. The van der Waals surface area contributed by atoms with Crippen LogP contribution in [0, 0.1) is 12.7 Å². The average Bonchev–Trinajstić information content (AvgIpc) is 2.76. The molecule has 0 radical (unpaired) electrons. The first-order valence-electron chi connectivity index (χ1n) is 10.7. The molecule has 190 valence electrons. The number of ketones is 1. The number of anilines is 1. The van der Waals surface area contributed by atoms with Gasteiger partial charge in [-0.15, -0.1) is 0 Å². The Morgan fingerprint density at radius 2 is 1.63 bits per heavy atom. The number of hydrogen-bond acceptors (Lipinski definition) is 3. The van der Waals surface area contributed by atoms with Crippen molar-refractivity contribution in [1.29, 1.82) is 0 Å². The van der Waals surface area contributed by atoms with E-state index in [2.05, 4.69) is 0 Å². The molecule has 0 N–H and O–H groups in total. The van der Waals surface area contributed by atoms with Crippen LogP contribution in [0.3, 0.4) is 0 Å². The minimum Gasteiger partial charge on any atom is -0.359 e. The van der Waals surface area contributed by atoms with Crippen LogP contribution >= 0.6 is 0 Å². The van der Waals surface area contributed by atoms with Crippen molar-refractivity contribution in [2.45, 2.75) is 44.6 Å². The van der Waals surface area contributed by atoms with E-state index in [1.54, 1.807) is 11.8 Å². The fourth-order valence-electron chi connectivity index (χ4n) is 4.10. The molecule has 2 aromatic rings. The van der Waals surface area contributed by atoms with Crippen molar-refractivity contribution >= 4 is 17.4 Å². The molecule has 1 saturated heterocycles. The summed E-state index contributed by atoms with van der Waals surface area (Å²) in [5.74, 6) is -1.12. The third-order valence-corrected chi connectivity index (χ3v) is 5.94. The molecule has 1 heterocycles. The van der Waals surface area contributed by atoms with Gasteiger partial charge in [0.25, 0.3) is 0 Å². The zero-order chi connectivity index (χ0) is 26.1. The predicted molar refractivity (Wildman–Crippen MR) is 114 cm³/mol. The molecule has 3 rings (SSSR count). The summed E-state index contributed by atoms with van der Waals surface area (Å²) in [6, 6.07) is 4.42. The van der Waals surface area contributed by atoms with Gasteiger partial charge in [-0.25, -0.2) is 4.39 Å². The summed E-state index contributed by atoms with van der Waals surface area (Å²) in [5.41, 5.74) is -1.95. The Morgan fingerprint density at radius 1 is 1.03 bits per heavy atom. The van der Waals surface area contributed by atoms with E-state index in [9.17, 15) is 40.3 Å². The van der Waals surface area contributed by atoms with E-state index < -0.39 is 41.2 Å². The van der Waals surface area contributed by atoms with Crippen LogP contribution in [0.5, 0.6) is 0 Å². The highest BCUT2D eigenvalue weighted by atomic mass is 19.4. The summed E-state index contributed by atoms with van der Waals surface area (Å²) < 4.78 is 92.2. The summed E-state index contributed by atoms with van der Waals surface area (Å²) >= 11 is 0. The summed E-state index contributed by atoms with van der Waals surface area (Å²) in [6.45, 7) is 1.71. The SMILES string of the molecule is Cc1cc(F)ccc1N1CCC(=O)C[C@@H]1C(=O)N(C)CCc1cc(C(F)(F)F)cc(C(F)(F)F)c1. The van der Waals surface area contributed by atoms with Crippen molar-refractivity contribution in [3.05, 3.63) is 64.5 Å². The van der Waals surface area contributed by atoms with Gasteiger partial charge in [0.1, 0.15) is 17.6 Å². The van der Waals surface area contributed by atoms with E-state index in [1.165, 1.54) is 30.1 Å². The maximum atomic E-state index is 13.5. The van der Waals surface area contributed by atoms with Crippen LogP contribution in [0.2, 0.25) is 0 Å². The Bertz CT molecular complexity index is 1080. The van der Waals surface area contributed by atoms with Gasteiger partial charge in [0.15, 0.2) is 0 Å². The minimum absolute atomic E-state index is 0.0505. The average molecular weight is 504 g/mol. The Morgan fingerprint density at radius 3 is 2.17 bits per heavy atom. The smallest absolute Gasteiger partial charge is 0.359 e. The third kappa shape index (κ3) is 6.32. The number of carbonyl (C=O) groups is 2. The number of rotatable bonds is 5. The number of aryl methyl sites for hydroxylation is 1. The van der Waals surface area contributed by atoms with Crippen molar-refractivity contribution in [1.82, 2.24) is 4.90 Å². The first-order valence-corrected chi connectivity index (χ1v) is 10.7. The lowest BCUT2D eigenvalue weighted by molar-refractivity contribution is -0.143. The lowest BCUT2D eigenvalue weighted by Gasteiger charge is -2.38. The number of Topliss-reactive ketones (excluding diaryl/α,β-unsaturated/α-hetero) is 1. The zero-order valence-corrected chi connectivity index (χ0v) is 18.9. The Balaban J connectivity index is 1.81. The van der Waals surface area contributed by atoms with Gasteiger partial charge in [-0.3, -0.25) is 9.59 Å². The first-order chi connectivity index (χ1) is 16.2. The largest absolute Gasteiger partial charge is 0.416 e. The second-order valence-electron chi connectivity index (χ2n) is 8.56. The molecule has 11 heteroatoms. The lowest BCUT2D eigenvalue weighted by Crippen LogP contribution is -2.52. The molecular weight excluding hydrogens is 481 g/mol. The predicted octanol–water partition coefficient (Wildman–Crippen LogP) is 5.41. The van der Waals surface area contributed by atoms with Crippen LogP contribution in [-0.4, -0.2) is 42.8 Å². The summed E-state index contributed by atoms with van der Waals surface area (Å²) in [4.78, 5) is 28.1. The van der Waals surface area contributed by atoms with Gasteiger partial charge in [0.2, 0.25) is 5.91 Å². The molecular formula is C24H23F7N2O2. The van der Waals surface area contributed by atoms with Gasteiger partial charge >= 0.3 is 12.4 Å². The Labute approximate surface area is 197 Å². The van der Waals surface area contributed by atoms with E-state index in [1.807, 2.05) is 0 Å². The van der Waals surface area contributed by atoms with Crippen LogP contribution in [0.25, 0.3) is 0 Å². The highest BCUT2D eigenvalue weighted by Gasteiger charge is 2.37. The number of amides is 1. The first kappa shape index (κ1) is 26.5. The normalized spacial score (nSPS) is 17.0. The number of benzene rings is 2. The zero-order valence-electron chi connectivity index (χ0n) is 18.9. The Hall–Kier alpha value is -3.11. The van der Waals surface area contributed by atoms with Gasteiger partial charge < -0.3 is 9.80 Å². The van der Waals surface area contributed by atoms with Crippen molar-refractivity contribution in [2.24, 2.45) is 0 Å². The fourth-order valence-corrected chi connectivity index (χ4v) is 4.10. The molecule has 0 unspecified atom stereocenters. The van der Waals surface area contributed by atoms with E-state index >= 15 is 0 Å². The van der Waals surface area contributed by atoms with E-state index in [0.29, 0.717) is 23.4 Å². The summed E-state index contributed by atoms with van der Waals surface area (Å²) in [7, 11) is 1.37. The van der Waals surface area contributed by atoms with Gasteiger partial charge in [-0.2, -0.15) is 26.3 Å². The lowest BCUT2D eigenvalue weighted by atomic mass is 9.97. The molecule has 1 aliphatic rings. The highest BCUT2D eigenvalue weighted by molar-refractivity contribution is 5.93. The maximum Gasteiger partial charge on any atom is 0.416 e. The fraction of sp³-hybridized carbons (Fsp3) is 0.417. The molecule has 1 aliphatic heterocycles. The molecule has 0 aliphatic carbocycles. The number of likely N-dealkylation sites (N-methyl/N-ethyl adjacent to an activating group) is 1. The Kier molecular flexibility index (Phi) is 7.47. The van der Waals surface area contributed by atoms with Crippen molar-refractivity contribution in [3.63, 3.8) is 0 Å². The third-order valence-electron chi connectivity index (χ3n) is 5.94. The molecule has 0 aromatic heterocycles. The molecule has 4 nitrogen and oxygen atoms in total. The van der Waals surface area contributed by atoms with Gasteiger partial charge in [0.05, 0.1) is 11.1 Å². The van der Waals surface area contributed by atoms with E-state index in [0.717, 1.165) is 0 Å². The molecule has 2 aromatic carbocycles. The van der Waals surface area contributed by atoms with Gasteiger partial charge in [-0.1, -0.05) is 0 Å². The number of halogens is 7. The number of alkyl halides is 6. The van der Waals surface area contributed by atoms with Crippen LogP contribution < -0.4 is 4.90 Å². The van der Waals surface area contributed by atoms with Gasteiger partial charge in [0, 0.05) is 38.7 Å². The van der Waals surface area contributed by atoms with Crippen molar-refractivity contribution < 1.29 is 40.3 Å². The quantitative estimate of drug-likeness (QED) is 0.512. The molecule has 1 fully saturated rings. The number of hydrogen-bond donors (Lipinski definition) is 0. The van der Waals surface area contributed by atoms with Crippen LogP contribution in [0.15, 0.2) is 36.4 Å². The summed E-state index contributed by atoms with van der Waals surface area (Å²) in [5, 5.41) is 0. The minimum atomic E-state index is -4.96. The molecule has 1 atom stereocenters. The van der Waals surface area contributed by atoms with Crippen LogP contribution in [0.1, 0.15) is 35.1 Å². The number of nitrogens with zero attached hydrogens (tertiary/aromatic N) is 2. The number of piperidine rings is 1. The van der Waals surface area contributed by atoms with Crippen LogP contribution in [0.4, 0.5) is 36.4 Å². The van der Waals surface area contributed by atoms with Gasteiger partial charge in [-0.05, 0) is 60.9 Å². The second kappa shape index (κ2) is 9.87. The molecule has 0 saturated carbocycles. The maximum absolute atomic E-state index is 13.5. The van der Waals surface area contributed by atoms with Crippen molar-refractivity contribution in [3.8, 4) is 0 Å². The molecule has 1 amide bonds. The topological polar surface area (TPSA) is 40.6 Å². The van der Waals surface area contributed by atoms with Crippen LogP contribution in [-0.2, 0) is 28.4 Å². The summed E-state index contributed by atoms with van der Waals surface area (Å²) in [6.07, 6.45) is -10.1. The molecule has 35 heavy (non-hydrogen) atoms.